The van der Waals surface area contributed by atoms with E-state index in [1.54, 1.807) is 7.11 Å². The van der Waals surface area contributed by atoms with Crippen LogP contribution in [0.4, 0.5) is 5.69 Å². The Kier molecular flexibility index (Phi) is 2.60. The average molecular weight is 172 g/mol. The summed E-state index contributed by atoms with van der Waals surface area (Å²) < 4.78 is 5.04. The second-order valence-electron chi connectivity index (χ2n) is 2.30. The molecule has 2 nitrogen and oxygen atoms in total. The van der Waals surface area contributed by atoms with E-state index in [0.29, 0.717) is 0 Å². The minimum absolute atomic E-state index is 0.755. The molecule has 3 heteroatoms. The van der Waals surface area contributed by atoms with E-state index >= 15 is 0 Å². The number of anilines is 1. The lowest BCUT2D eigenvalue weighted by atomic mass is 10.2. The fraction of sp³-hybridized carbons (Fsp3) is 0.250. The highest BCUT2D eigenvalue weighted by atomic mass is 35.5. The third kappa shape index (κ3) is 1.77. The summed E-state index contributed by atoms with van der Waals surface area (Å²) in [6.45, 7) is 2.00. The first-order chi connectivity index (χ1) is 5.27. The summed E-state index contributed by atoms with van der Waals surface area (Å²) in [4.78, 5) is 2.53. The van der Waals surface area contributed by atoms with Crippen LogP contribution in [0, 0.1) is 6.92 Å². The van der Waals surface area contributed by atoms with Gasteiger partial charge in [0.25, 0.3) is 0 Å². The molecule has 0 saturated carbocycles. The maximum atomic E-state index is 5.45. The van der Waals surface area contributed by atoms with Gasteiger partial charge in [-0.15, -0.1) is 0 Å². The zero-order valence-corrected chi connectivity index (χ0v) is 7.27. The predicted octanol–water partition coefficient (Wildman–Crippen LogP) is 2.57. The molecule has 0 amide bonds. The van der Waals surface area contributed by atoms with Crippen LogP contribution in [-0.4, -0.2) is 7.11 Å². The predicted molar refractivity (Wildman–Crippen MR) is 47.2 cm³/mol. The molecule has 0 unspecified atom stereocenters. The molecular formula is C8H10ClNO. The summed E-state index contributed by atoms with van der Waals surface area (Å²) in [7, 11) is 1.61. The van der Waals surface area contributed by atoms with E-state index < -0.39 is 0 Å². The maximum absolute atomic E-state index is 5.45. The Morgan fingerprint density at radius 3 is 2.73 bits per heavy atom. The molecule has 0 spiro atoms. The Labute approximate surface area is 71.2 Å². The van der Waals surface area contributed by atoms with Crippen molar-refractivity contribution < 1.29 is 4.74 Å². The van der Waals surface area contributed by atoms with Crippen molar-refractivity contribution >= 4 is 17.5 Å². The molecule has 0 aliphatic heterocycles. The molecule has 0 bridgehead atoms. The van der Waals surface area contributed by atoms with Crippen LogP contribution in [0.2, 0.25) is 0 Å². The normalized spacial score (nSPS) is 9.36. The summed E-state index contributed by atoms with van der Waals surface area (Å²) in [6.07, 6.45) is 0. The molecule has 1 rings (SSSR count). The van der Waals surface area contributed by atoms with E-state index in [1.165, 1.54) is 0 Å². The van der Waals surface area contributed by atoms with Gasteiger partial charge in [0, 0.05) is 11.8 Å². The number of hydrogen-bond acceptors (Lipinski definition) is 2. The van der Waals surface area contributed by atoms with E-state index in [4.69, 9.17) is 16.5 Å². The van der Waals surface area contributed by atoms with Gasteiger partial charge in [0.05, 0.1) is 12.8 Å². The number of halogens is 1. The SMILES string of the molecule is COc1ccc(C)cc1NCl. The molecule has 1 aromatic carbocycles. The zero-order valence-electron chi connectivity index (χ0n) is 6.52. The molecule has 0 heterocycles. The number of rotatable bonds is 2. The van der Waals surface area contributed by atoms with Gasteiger partial charge in [0.1, 0.15) is 5.75 Å². The van der Waals surface area contributed by atoms with E-state index in [0.717, 1.165) is 17.0 Å². The van der Waals surface area contributed by atoms with Gasteiger partial charge in [-0.3, -0.25) is 4.84 Å². The highest BCUT2D eigenvalue weighted by molar-refractivity contribution is 6.24. The smallest absolute Gasteiger partial charge is 0.143 e. The number of aryl methyl sites for hydroxylation is 1. The Morgan fingerprint density at radius 1 is 1.45 bits per heavy atom. The Hall–Kier alpha value is -0.890. The summed E-state index contributed by atoms with van der Waals surface area (Å²) >= 11 is 5.45. The average Bonchev–Trinajstić information content (AvgIpc) is 2.04. The molecule has 0 aliphatic carbocycles. The lowest BCUT2D eigenvalue weighted by Crippen LogP contribution is -1.89. The van der Waals surface area contributed by atoms with Crippen LogP contribution in [0.15, 0.2) is 18.2 Å². The second-order valence-corrected chi connectivity index (χ2v) is 2.49. The van der Waals surface area contributed by atoms with Gasteiger partial charge < -0.3 is 4.74 Å². The molecule has 0 saturated heterocycles. The summed E-state index contributed by atoms with van der Waals surface area (Å²) in [5.74, 6) is 0.755. The largest absolute Gasteiger partial charge is 0.495 e. The van der Waals surface area contributed by atoms with Crippen LogP contribution in [0.25, 0.3) is 0 Å². The van der Waals surface area contributed by atoms with Crippen molar-refractivity contribution in [3.63, 3.8) is 0 Å². The van der Waals surface area contributed by atoms with Gasteiger partial charge in [-0.05, 0) is 24.6 Å². The van der Waals surface area contributed by atoms with Gasteiger partial charge in [-0.25, -0.2) is 0 Å². The number of methoxy groups -OCH3 is 1. The van der Waals surface area contributed by atoms with E-state index in [1.807, 2.05) is 25.1 Å². The van der Waals surface area contributed by atoms with Crippen molar-refractivity contribution in [3.05, 3.63) is 23.8 Å². The Morgan fingerprint density at radius 2 is 2.18 bits per heavy atom. The second kappa shape index (κ2) is 3.49. The Bertz CT molecular complexity index is 250. The standard InChI is InChI=1S/C8H10ClNO/c1-6-3-4-8(11-2)7(5-6)10-9/h3-5,10H,1-2H3. The lowest BCUT2D eigenvalue weighted by molar-refractivity contribution is 0.417. The van der Waals surface area contributed by atoms with Crippen molar-refractivity contribution in [2.45, 2.75) is 6.92 Å². The van der Waals surface area contributed by atoms with Gasteiger partial charge >= 0.3 is 0 Å². The van der Waals surface area contributed by atoms with Gasteiger partial charge in [-0.1, -0.05) is 6.07 Å². The molecule has 0 aliphatic rings. The lowest BCUT2D eigenvalue weighted by Gasteiger charge is -2.06. The molecule has 11 heavy (non-hydrogen) atoms. The number of hydrogen-bond donors (Lipinski definition) is 1. The molecule has 0 atom stereocenters. The third-order valence-corrected chi connectivity index (χ3v) is 1.66. The molecule has 1 aromatic rings. The minimum atomic E-state index is 0.755. The molecule has 0 fully saturated rings. The topological polar surface area (TPSA) is 21.3 Å². The van der Waals surface area contributed by atoms with Gasteiger partial charge in [0.2, 0.25) is 0 Å². The van der Waals surface area contributed by atoms with Crippen molar-refractivity contribution in [2.75, 3.05) is 11.9 Å². The molecular weight excluding hydrogens is 162 g/mol. The first-order valence-corrected chi connectivity index (χ1v) is 3.67. The van der Waals surface area contributed by atoms with Crippen LogP contribution in [0.3, 0.4) is 0 Å². The van der Waals surface area contributed by atoms with Gasteiger partial charge in [-0.2, -0.15) is 0 Å². The van der Waals surface area contributed by atoms with Crippen LogP contribution in [0.1, 0.15) is 5.56 Å². The monoisotopic (exact) mass is 171 g/mol. The highest BCUT2D eigenvalue weighted by Gasteiger charge is 1.99. The minimum Gasteiger partial charge on any atom is -0.495 e. The van der Waals surface area contributed by atoms with Crippen LogP contribution < -0.4 is 9.57 Å². The number of nitrogens with one attached hydrogen (secondary N) is 1. The first-order valence-electron chi connectivity index (χ1n) is 3.29. The van der Waals surface area contributed by atoms with E-state index in [2.05, 4.69) is 4.84 Å². The van der Waals surface area contributed by atoms with Crippen LogP contribution in [0.5, 0.6) is 5.75 Å². The molecule has 60 valence electrons. The quantitative estimate of drug-likeness (QED) is 0.691. The maximum Gasteiger partial charge on any atom is 0.143 e. The van der Waals surface area contributed by atoms with E-state index in [-0.39, 0.29) is 0 Å². The van der Waals surface area contributed by atoms with E-state index in [9.17, 15) is 0 Å². The summed E-state index contributed by atoms with van der Waals surface area (Å²) in [5, 5.41) is 0. The fourth-order valence-corrected chi connectivity index (χ4v) is 1.04. The van der Waals surface area contributed by atoms with Crippen molar-refractivity contribution in [2.24, 2.45) is 0 Å². The van der Waals surface area contributed by atoms with Crippen LogP contribution in [-0.2, 0) is 0 Å². The van der Waals surface area contributed by atoms with Gasteiger partial charge in [0.15, 0.2) is 0 Å². The first kappa shape index (κ1) is 8.21. The fourth-order valence-electron chi connectivity index (χ4n) is 0.896. The molecule has 1 N–H and O–H groups in total. The van der Waals surface area contributed by atoms with Crippen molar-refractivity contribution in [1.82, 2.24) is 0 Å². The van der Waals surface area contributed by atoms with Crippen molar-refractivity contribution in [3.8, 4) is 5.75 Å². The Balaban J connectivity index is 3.06. The summed E-state index contributed by atoms with van der Waals surface area (Å²) in [6, 6.07) is 5.77. The third-order valence-electron chi connectivity index (χ3n) is 1.46. The van der Waals surface area contributed by atoms with Crippen LogP contribution >= 0.6 is 11.8 Å². The summed E-state index contributed by atoms with van der Waals surface area (Å²) in [5.41, 5.74) is 1.95. The van der Waals surface area contributed by atoms with Crippen molar-refractivity contribution in [1.29, 1.82) is 0 Å². The molecule has 0 aromatic heterocycles. The zero-order chi connectivity index (χ0) is 8.27. The highest BCUT2D eigenvalue weighted by Crippen LogP contribution is 2.25. The number of ether oxygens (including phenoxy) is 1. The molecule has 0 radical (unpaired) electrons. The number of benzene rings is 1.